The van der Waals surface area contributed by atoms with Gasteiger partial charge in [-0.15, -0.1) is 0 Å². The van der Waals surface area contributed by atoms with Gasteiger partial charge in [0.05, 0.1) is 16.9 Å². The van der Waals surface area contributed by atoms with E-state index in [2.05, 4.69) is 40.0 Å². The van der Waals surface area contributed by atoms with Crippen molar-refractivity contribution in [3.05, 3.63) is 52.8 Å². The van der Waals surface area contributed by atoms with Crippen molar-refractivity contribution in [3.8, 4) is 0 Å². The van der Waals surface area contributed by atoms with Gasteiger partial charge in [-0.3, -0.25) is 4.68 Å². The maximum atomic E-state index is 5.97. The molecule has 0 saturated carbocycles. The normalized spacial score (nSPS) is 10.5. The van der Waals surface area contributed by atoms with Crippen LogP contribution < -0.4 is 10.6 Å². The van der Waals surface area contributed by atoms with Crippen molar-refractivity contribution in [2.75, 3.05) is 13.1 Å². The van der Waals surface area contributed by atoms with E-state index in [9.17, 15) is 0 Å². The molecule has 0 bridgehead atoms. The molecule has 6 heteroatoms. The first-order valence-electron chi connectivity index (χ1n) is 7.40. The Morgan fingerprint density at radius 2 is 1.95 bits per heavy atom. The van der Waals surface area contributed by atoms with Crippen LogP contribution in [0.2, 0.25) is 5.02 Å². The van der Waals surface area contributed by atoms with Crippen LogP contribution in [0.3, 0.4) is 0 Å². The van der Waals surface area contributed by atoms with Crippen molar-refractivity contribution in [2.45, 2.75) is 26.3 Å². The van der Waals surface area contributed by atoms with Crippen molar-refractivity contribution >= 4 is 28.9 Å². The van der Waals surface area contributed by atoms with Crippen LogP contribution in [0.5, 0.6) is 0 Å². The molecular weight excluding hydrogens is 316 g/mol. The number of thiocarbonyl (C=S) groups is 1. The average Bonchev–Trinajstić information content (AvgIpc) is 2.84. The third-order valence-electron chi connectivity index (χ3n) is 3.42. The molecule has 0 unspecified atom stereocenters. The Kier molecular flexibility index (Phi) is 6.68. The van der Waals surface area contributed by atoms with Crippen molar-refractivity contribution in [2.24, 2.45) is 0 Å². The molecule has 0 radical (unpaired) electrons. The van der Waals surface area contributed by atoms with Gasteiger partial charge < -0.3 is 10.6 Å². The zero-order valence-electron chi connectivity index (χ0n) is 12.7. The Morgan fingerprint density at radius 1 is 1.23 bits per heavy atom. The molecule has 2 N–H and O–H groups in total. The van der Waals surface area contributed by atoms with E-state index in [1.54, 1.807) is 6.20 Å². The Bertz CT molecular complexity index is 597. The van der Waals surface area contributed by atoms with Gasteiger partial charge in [0.15, 0.2) is 5.11 Å². The molecule has 1 aromatic carbocycles. The monoisotopic (exact) mass is 336 g/mol. The lowest BCUT2D eigenvalue weighted by Gasteiger charge is -2.11. The SMILES string of the molecule is Cc1c(Cl)cnn1CCCNC(=S)NCCc1ccccc1. The second kappa shape index (κ2) is 8.76. The lowest BCUT2D eigenvalue weighted by Crippen LogP contribution is -2.37. The van der Waals surface area contributed by atoms with Gasteiger partial charge in [-0.2, -0.15) is 5.10 Å². The number of benzene rings is 1. The lowest BCUT2D eigenvalue weighted by atomic mass is 10.1. The number of hydrogen-bond acceptors (Lipinski definition) is 2. The molecule has 1 aromatic heterocycles. The third-order valence-corrected chi connectivity index (χ3v) is 4.08. The summed E-state index contributed by atoms with van der Waals surface area (Å²) in [5, 5.41) is 12.1. The van der Waals surface area contributed by atoms with Crippen LogP contribution in [-0.2, 0) is 13.0 Å². The summed E-state index contributed by atoms with van der Waals surface area (Å²) in [6, 6.07) is 10.4. The molecule has 118 valence electrons. The summed E-state index contributed by atoms with van der Waals surface area (Å²) in [6.45, 7) is 4.45. The molecule has 0 fully saturated rings. The summed E-state index contributed by atoms with van der Waals surface area (Å²) in [4.78, 5) is 0. The second-order valence-corrected chi connectivity index (χ2v) is 5.89. The number of hydrogen-bond donors (Lipinski definition) is 2. The zero-order chi connectivity index (χ0) is 15.8. The van der Waals surface area contributed by atoms with Crippen LogP contribution >= 0.6 is 23.8 Å². The molecule has 0 spiro atoms. The van der Waals surface area contributed by atoms with Crippen LogP contribution in [-0.4, -0.2) is 28.0 Å². The predicted molar refractivity (Wildman–Crippen MR) is 95.3 cm³/mol. The molecule has 0 saturated heterocycles. The number of rotatable bonds is 7. The minimum absolute atomic E-state index is 0.700. The molecule has 2 aromatic rings. The largest absolute Gasteiger partial charge is 0.363 e. The van der Waals surface area contributed by atoms with Crippen LogP contribution in [0.25, 0.3) is 0 Å². The average molecular weight is 337 g/mol. The van der Waals surface area contributed by atoms with Crippen LogP contribution in [0.15, 0.2) is 36.5 Å². The first-order valence-corrected chi connectivity index (χ1v) is 8.19. The zero-order valence-corrected chi connectivity index (χ0v) is 14.3. The number of halogens is 1. The van der Waals surface area contributed by atoms with E-state index in [0.29, 0.717) is 10.1 Å². The smallest absolute Gasteiger partial charge is 0.166 e. The summed E-state index contributed by atoms with van der Waals surface area (Å²) >= 11 is 11.2. The van der Waals surface area contributed by atoms with Gasteiger partial charge in [-0.25, -0.2) is 0 Å². The maximum Gasteiger partial charge on any atom is 0.166 e. The van der Waals surface area contributed by atoms with E-state index in [0.717, 1.165) is 38.2 Å². The first kappa shape index (κ1) is 16.8. The van der Waals surface area contributed by atoms with Gasteiger partial charge in [0.2, 0.25) is 0 Å². The lowest BCUT2D eigenvalue weighted by molar-refractivity contribution is 0.559. The minimum atomic E-state index is 0.700. The number of aryl methyl sites for hydroxylation is 1. The van der Waals surface area contributed by atoms with Gasteiger partial charge in [0.25, 0.3) is 0 Å². The number of nitrogens with one attached hydrogen (secondary N) is 2. The molecule has 0 amide bonds. The quantitative estimate of drug-likeness (QED) is 0.602. The molecule has 22 heavy (non-hydrogen) atoms. The van der Waals surface area contributed by atoms with Crippen molar-refractivity contribution < 1.29 is 0 Å². The van der Waals surface area contributed by atoms with Gasteiger partial charge in [-0.1, -0.05) is 41.9 Å². The molecule has 0 aliphatic heterocycles. The van der Waals surface area contributed by atoms with Crippen molar-refractivity contribution in [1.82, 2.24) is 20.4 Å². The highest BCUT2D eigenvalue weighted by molar-refractivity contribution is 7.80. The highest BCUT2D eigenvalue weighted by atomic mass is 35.5. The Morgan fingerprint density at radius 3 is 2.64 bits per heavy atom. The van der Waals surface area contributed by atoms with E-state index in [4.69, 9.17) is 23.8 Å². The Balaban J connectivity index is 1.57. The van der Waals surface area contributed by atoms with Crippen LogP contribution in [0, 0.1) is 6.92 Å². The summed E-state index contributed by atoms with van der Waals surface area (Å²) in [5.74, 6) is 0. The Labute approximate surface area is 141 Å². The highest BCUT2D eigenvalue weighted by Crippen LogP contribution is 2.13. The maximum absolute atomic E-state index is 5.97. The van der Waals surface area contributed by atoms with Gasteiger partial charge in [0.1, 0.15) is 0 Å². The topological polar surface area (TPSA) is 41.9 Å². The molecule has 0 aliphatic rings. The number of nitrogens with zero attached hydrogens (tertiary/aromatic N) is 2. The van der Waals surface area contributed by atoms with Gasteiger partial charge in [0, 0.05) is 19.6 Å². The van der Waals surface area contributed by atoms with Crippen molar-refractivity contribution in [3.63, 3.8) is 0 Å². The fourth-order valence-electron chi connectivity index (χ4n) is 2.11. The van der Waals surface area contributed by atoms with E-state index in [1.807, 2.05) is 17.7 Å². The number of aromatic nitrogens is 2. The standard InChI is InChI=1S/C16H21ClN4S/c1-13-15(17)12-20-21(13)11-5-9-18-16(22)19-10-8-14-6-3-2-4-7-14/h2-4,6-7,12H,5,8-11H2,1H3,(H2,18,19,22). The van der Waals surface area contributed by atoms with Crippen molar-refractivity contribution in [1.29, 1.82) is 0 Å². The Hall–Kier alpha value is -1.59. The molecule has 4 nitrogen and oxygen atoms in total. The highest BCUT2D eigenvalue weighted by Gasteiger charge is 2.03. The molecule has 2 rings (SSSR count). The third kappa shape index (κ3) is 5.31. The molecular formula is C16H21ClN4S. The fourth-order valence-corrected chi connectivity index (χ4v) is 2.45. The molecule has 1 heterocycles. The van der Waals surface area contributed by atoms with Crippen LogP contribution in [0.4, 0.5) is 0 Å². The molecule has 0 aliphatic carbocycles. The fraction of sp³-hybridized carbons (Fsp3) is 0.375. The van der Waals surface area contributed by atoms with E-state index >= 15 is 0 Å². The van der Waals surface area contributed by atoms with E-state index < -0.39 is 0 Å². The van der Waals surface area contributed by atoms with Gasteiger partial charge in [-0.05, 0) is 37.5 Å². The summed E-state index contributed by atoms with van der Waals surface area (Å²) in [7, 11) is 0. The summed E-state index contributed by atoms with van der Waals surface area (Å²) < 4.78 is 1.91. The predicted octanol–water partition coefficient (Wildman–Crippen LogP) is 2.94. The molecule has 0 atom stereocenters. The van der Waals surface area contributed by atoms with E-state index in [-0.39, 0.29) is 0 Å². The van der Waals surface area contributed by atoms with E-state index in [1.165, 1.54) is 5.56 Å². The second-order valence-electron chi connectivity index (χ2n) is 5.07. The van der Waals surface area contributed by atoms with Crippen LogP contribution in [0.1, 0.15) is 17.7 Å². The first-order chi connectivity index (χ1) is 10.7. The summed E-state index contributed by atoms with van der Waals surface area (Å²) in [5.41, 5.74) is 2.31. The minimum Gasteiger partial charge on any atom is -0.363 e. The summed E-state index contributed by atoms with van der Waals surface area (Å²) in [6.07, 6.45) is 3.59. The van der Waals surface area contributed by atoms with Gasteiger partial charge >= 0.3 is 0 Å².